The highest BCUT2D eigenvalue weighted by Crippen LogP contribution is 2.30. The number of rotatable bonds is 3. The van der Waals surface area contributed by atoms with Crippen LogP contribution in [0.4, 0.5) is 5.69 Å². The van der Waals surface area contributed by atoms with Gasteiger partial charge in [0, 0.05) is 18.7 Å². The zero-order valence-corrected chi connectivity index (χ0v) is 10.5. The Kier molecular flexibility index (Phi) is 3.23. The maximum atomic E-state index is 11.9. The first-order valence-corrected chi connectivity index (χ1v) is 5.77. The van der Waals surface area contributed by atoms with Crippen LogP contribution in [0.3, 0.4) is 0 Å². The molecular formula is C13H16N2O3. The molecule has 5 heteroatoms. The summed E-state index contributed by atoms with van der Waals surface area (Å²) in [4.78, 5) is 24.6. The summed E-state index contributed by atoms with van der Waals surface area (Å²) >= 11 is 0. The Morgan fingerprint density at radius 1 is 1.50 bits per heavy atom. The summed E-state index contributed by atoms with van der Waals surface area (Å²) in [6, 6.07) is 5.49. The van der Waals surface area contributed by atoms with Crippen LogP contribution >= 0.6 is 0 Å². The highest BCUT2D eigenvalue weighted by molar-refractivity contribution is 6.00. The summed E-state index contributed by atoms with van der Waals surface area (Å²) in [6.07, 6.45) is 0.195. The third-order valence-corrected chi connectivity index (χ3v) is 3.22. The molecule has 1 aromatic carbocycles. The largest absolute Gasteiger partial charge is 0.497 e. The van der Waals surface area contributed by atoms with Crippen LogP contribution in [0.5, 0.6) is 5.75 Å². The first kappa shape index (κ1) is 12.4. The fourth-order valence-electron chi connectivity index (χ4n) is 2.19. The molecule has 1 aliphatic heterocycles. The fourth-order valence-corrected chi connectivity index (χ4v) is 2.19. The van der Waals surface area contributed by atoms with Crippen molar-refractivity contribution < 1.29 is 14.3 Å². The summed E-state index contributed by atoms with van der Waals surface area (Å²) in [5.74, 6) is -0.127. The lowest BCUT2D eigenvalue weighted by molar-refractivity contribution is -0.123. The van der Waals surface area contributed by atoms with Crippen LogP contribution in [-0.4, -0.2) is 25.5 Å². The van der Waals surface area contributed by atoms with Gasteiger partial charge in [0.1, 0.15) is 5.75 Å². The van der Waals surface area contributed by atoms with E-state index in [1.807, 2.05) is 19.1 Å². The highest BCUT2D eigenvalue weighted by Gasteiger charge is 2.34. The van der Waals surface area contributed by atoms with Crippen molar-refractivity contribution in [2.75, 3.05) is 18.6 Å². The molecule has 1 atom stereocenters. The van der Waals surface area contributed by atoms with Gasteiger partial charge in [0.05, 0.1) is 13.0 Å². The van der Waals surface area contributed by atoms with E-state index < -0.39 is 5.91 Å². The van der Waals surface area contributed by atoms with E-state index in [2.05, 4.69) is 0 Å². The highest BCUT2D eigenvalue weighted by atomic mass is 16.5. The van der Waals surface area contributed by atoms with Gasteiger partial charge in [-0.2, -0.15) is 0 Å². The Bertz CT molecular complexity index is 499. The number of nitrogens with two attached hydrogens (primary N) is 1. The SMILES string of the molecule is COc1ccc(N2CC(C(N)=O)CC2=O)c(C)c1. The maximum absolute atomic E-state index is 11.9. The molecule has 5 nitrogen and oxygen atoms in total. The molecule has 2 rings (SSSR count). The third kappa shape index (κ3) is 2.16. The van der Waals surface area contributed by atoms with Crippen LogP contribution in [-0.2, 0) is 9.59 Å². The summed E-state index contributed by atoms with van der Waals surface area (Å²) in [6.45, 7) is 2.27. The van der Waals surface area contributed by atoms with Crippen molar-refractivity contribution >= 4 is 17.5 Å². The van der Waals surface area contributed by atoms with E-state index >= 15 is 0 Å². The molecule has 0 aromatic heterocycles. The number of hydrogen-bond acceptors (Lipinski definition) is 3. The summed E-state index contributed by atoms with van der Waals surface area (Å²) in [5, 5.41) is 0. The molecule has 18 heavy (non-hydrogen) atoms. The minimum Gasteiger partial charge on any atom is -0.497 e. The topological polar surface area (TPSA) is 72.6 Å². The molecule has 0 saturated carbocycles. The van der Waals surface area contributed by atoms with Gasteiger partial charge in [-0.15, -0.1) is 0 Å². The second kappa shape index (κ2) is 4.68. The number of carbonyl (C=O) groups excluding carboxylic acids is 2. The lowest BCUT2D eigenvalue weighted by Crippen LogP contribution is -2.28. The number of primary amides is 1. The van der Waals surface area contributed by atoms with Gasteiger partial charge in [0.15, 0.2) is 0 Å². The lowest BCUT2D eigenvalue weighted by atomic mass is 10.1. The molecule has 96 valence electrons. The van der Waals surface area contributed by atoms with Gasteiger partial charge in [0.25, 0.3) is 0 Å². The van der Waals surface area contributed by atoms with Gasteiger partial charge in [-0.3, -0.25) is 9.59 Å². The minimum absolute atomic E-state index is 0.0629. The molecule has 2 amide bonds. The number of nitrogens with zero attached hydrogens (tertiary/aromatic N) is 1. The predicted molar refractivity (Wildman–Crippen MR) is 67.4 cm³/mol. The molecule has 1 aliphatic rings. The van der Waals surface area contributed by atoms with Crippen LogP contribution in [0.25, 0.3) is 0 Å². The Morgan fingerprint density at radius 3 is 2.72 bits per heavy atom. The zero-order valence-electron chi connectivity index (χ0n) is 10.5. The zero-order chi connectivity index (χ0) is 13.3. The number of ether oxygens (including phenoxy) is 1. The predicted octanol–water partition coefficient (Wildman–Crippen LogP) is 0.842. The molecule has 1 unspecified atom stereocenters. The Hall–Kier alpha value is -2.04. The molecule has 1 heterocycles. The Morgan fingerprint density at radius 2 is 2.22 bits per heavy atom. The Balaban J connectivity index is 2.27. The first-order valence-electron chi connectivity index (χ1n) is 5.77. The van der Waals surface area contributed by atoms with E-state index in [1.54, 1.807) is 18.1 Å². The normalized spacial score (nSPS) is 19.1. The third-order valence-electron chi connectivity index (χ3n) is 3.22. The number of methoxy groups -OCH3 is 1. The fraction of sp³-hybridized carbons (Fsp3) is 0.385. The molecule has 0 spiro atoms. The number of amides is 2. The van der Waals surface area contributed by atoms with E-state index in [1.165, 1.54) is 0 Å². The second-order valence-corrected chi connectivity index (χ2v) is 4.46. The quantitative estimate of drug-likeness (QED) is 0.861. The van der Waals surface area contributed by atoms with Crippen LogP contribution in [0.15, 0.2) is 18.2 Å². The van der Waals surface area contributed by atoms with Crippen molar-refractivity contribution in [3.05, 3.63) is 23.8 Å². The van der Waals surface area contributed by atoms with E-state index in [0.717, 1.165) is 17.0 Å². The van der Waals surface area contributed by atoms with Crippen molar-refractivity contribution in [2.24, 2.45) is 11.7 Å². The van der Waals surface area contributed by atoms with Crippen LogP contribution < -0.4 is 15.4 Å². The molecule has 1 saturated heterocycles. The Labute approximate surface area is 106 Å². The smallest absolute Gasteiger partial charge is 0.227 e. The van der Waals surface area contributed by atoms with Gasteiger partial charge >= 0.3 is 0 Å². The van der Waals surface area contributed by atoms with Crippen molar-refractivity contribution in [3.63, 3.8) is 0 Å². The van der Waals surface area contributed by atoms with Gasteiger partial charge in [0.2, 0.25) is 11.8 Å². The number of anilines is 1. The van der Waals surface area contributed by atoms with Gasteiger partial charge in [-0.25, -0.2) is 0 Å². The summed E-state index contributed by atoms with van der Waals surface area (Å²) in [5.41, 5.74) is 6.99. The molecular weight excluding hydrogens is 232 g/mol. The summed E-state index contributed by atoms with van der Waals surface area (Å²) in [7, 11) is 1.60. The second-order valence-electron chi connectivity index (χ2n) is 4.46. The minimum atomic E-state index is -0.419. The monoisotopic (exact) mass is 248 g/mol. The molecule has 0 radical (unpaired) electrons. The average molecular weight is 248 g/mol. The molecule has 0 aliphatic carbocycles. The van der Waals surface area contributed by atoms with Crippen molar-refractivity contribution in [1.82, 2.24) is 0 Å². The van der Waals surface area contributed by atoms with E-state index in [-0.39, 0.29) is 18.2 Å². The molecule has 0 bridgehead atoms. The van der Waals surface area contributed by atoms with Gasteiger partial charge in [-0.1, -0.05) is 0 Å². The molecule has 2 N–H and O–H groups in total. The number of carbonyl (C=O) groups is 2. The lowest BCUT2D eigenvalue weighted by Gasteiger charge is -2.19. The van der Waals surface area contributed by atoms with E-state index in [0.29, 0.717) is 6.54 Å². The summed E-state index contributed by atoms with van der Waals surface area (Å²) < 4.78 is 5.12. The van der Waals surface area contributed by atoms with Gasteiger partial charge in [-0.05, 0) is 30.7 Å². The van der Waals surface area contributed by atoms with Crippen molar-refractivity contribution in [1.29, 1.82) is 0 Å². The average Bonchev–Trinajstić information content (AvgIpc) is 2.71. The van der Waals surface area contributed by atoms with Crippen LogP contribution in [0.1, 0.15) is 12.0 Å². The first-order chi connectivity index (χ1) is 8.52. The van der Waals surface area contributed by atoms with Crippen molar-refractivity contribution in [3.8, 4) is 5.75 Å². The van der Waals surface area contributed by atoms with Crippen LogP contribution in [0, 0.1) is 12.8 Å². The maximum Gasteiger partial charge on any atom is 0.227 e. The number of hydrogen-bond donors (Lipinski definition) is 1. The number of benzene rings is 1. The van der Waals surface area contributed by atoms with Crippen LogP contribution in [0.2, 0.25) is 0 Å². The van der Waals surface area contributed by atoms with Gasteiger partial charge < -0.3 is 15.4 Å². The van der Waals surface area contributed by atoms with Crippen molar-refractivity contribution in [2.45, 2.75) is 13.3 Å². The standard InChI is InChI=1S/C13H16N2O3/c1-8-5-10(18-2)3-4-11(8)15-7-9(13(14)17)6-12(15)16/h3-5,9H,6-7H2,1-2H3,(H2,14,17). The van der Waals surface area contributed by atoms with E-state index in [9.17, 15) is 9.59 Å². The van der Waals surface area contributed by atoms with E-state index in [4.69, 9.17) is 10.5 Å². The molecule has 1 fully saturated rings. The molecule has 1 aromatic rings. The number of aryl methyl sites for hydroxylation is 1.